The maximum Gasteiger partial charge on any atom is 0.227 e. The molecule has 0 saturated carbocycles. The predicted molar refractivity (Wildman–Crippen MR) is 90.4 cm³/mol. The van der Waals surface area contributed by atoms with Crippen molar-refractivity contribution >= 4 is 5.91 Å². The molecule has 4 heteroatoms. The standard InChI is InChI=1S/C18H29N3O/c1-14(17(19)16-9-5-4-6-10-16)18(22)21(3)13-15-8-7-11-20(2)12-15/h4-6,9-10,14-15,17H,7-8,11-13,19H2,1-3H3. The molecule has 0 bridgehead atoms. The van der Waals surface area contributed by atoms with Crippen molar-refractivity contribution in [2.24, 2.45) is 17.6 Å². The highest BCUT2D eigenvalue weighted by Crippen LogP contribution is 2.22. The predicted octanol–water partition coefficient (Wildman–Crippen LogP) is 2.12. The van der Waals surface area contributed by atoms with Gasteiger partial charge < -0.3 is 15.5 Å². The van der Waals surface area contributed by atoms with Crippen LogP contribution in [0.3, 0.4) is 0 Å². The Morgan fingerprint density at radius 3 is 2.73 bits per heavy atom. The van der Waals surface area contributed by atoms with Gasteiger partial charge in [-0.05, 0) is 37.9 Å². The van der Waals surface area contributed by atoms with Gasteiger partial charge >= 0.3 is 0 Å². The zero-order valence-corrected chi connectivity index (χ0v) is 14.0. The van der Waals surface area contributed by atoms with Gasteiger partial charge in [-0.3, -0.25) is 4.79 Å². The van der Waals surface area contributed by atoms with Crippen molar-refractivity contribution in [3.05, 3.63) is 35.9 Å². The second-order valence-corrected chi connectivity index (χ2v) is 6.71. The topological polar surface area (TPSA) is 49.6 Å². The molecule has 2 rings (SSSR count). The van der Waals surface area contributed by atoms with Gasteiger partial charge in [-0.15, -0.1) is 0 Å². The Bertz CT molecular complexity index is 476. The number of benzene rings is 1. The third-order valence-corrected chi connectivity index (χ3v) is 4.74. The first-order valence-electron chi connectivity index (χ1n) is 8.23. The molecule has 1 aliphatic rings. The number of rotatable bonds is 5. The summed E-state index contributed by atoms with van der Waals surface area (Å²) < 4.78 is 0. The van der Waals surface area contributed by atoms with E-state index in [0.29, 0.717) is 5.92 Å². The summed E-state index contributed by atoms with van der Waals surface area (Å²) in [6.45, 7) is 5.01. The summed E-state index contributed by atoms with van der Waals surface area (Å²) in [6, 6.07) is 9.64. The number of nitrogens with two attached hydrogens (primary N) is 1. The van der Waals surface area contributed by atoms with Crippen LogP contribution in [0.2, 0.25) is 0 Å². The minimum Gasteiger partial charge on any atom is -0.345 e. The molecule has 122 valence electrons. The van der Waals surface area contributed by atoms with Crippen LogP contribution in [0, 0.1) is 11.8 Å². The quantitative estimate of drug-likeness (QED) is 0.906. The van der Waals surface area contributed by atoms with E-state index in [9.17, 15) is 4.79 Å². The Hall–Kier alpha value is -1.39. The lowest BCUT2D eigenvalue weighted by Gasteiger charge is -2.33. The lowest BCUT2D eigenvalue weighted by molar-refractivity contribution is -0.135. The van der Waals surface area contributed by atoms with Crippen molar-refractivity contribution < 1.29 is 4.79 Å². The van der Waals surface area contributed by atoms with Gasteiger partial charge in [0, 0.05) is 26.2 Å². The molecular formula is C18H29N3O. The third kappa shape index (κ3) is 4.31. The molecule has 0 aliphatic carbocycles. The molecule has 1 fully saturated rings. The molecule has 0 spiro atoms. The smallest absolute Gasteiger partial charge is 0.227 e. The van der Waals surface area contributed by atoms with E-state index in [0.717, 1.165) is 18.7 Å². The molecule has 3 atom stereocenters. The zero-order chi connectivity index (χ0) is 16.1. The molecule has 1 amide bonds. The van der Waals surface area contributed by atoms with E-state index in [1.807, 2.05) is 49.2 Å². The number of piperidine rings is 1. The molecule has 1 saturated heterocycles. The van der Waals surface area contributed by atoms with E-state index in [4.69, 9.17) is 5.73 Å². The summed E-state index contributed by atoms with van der Waals surface area (Å²) in [5.41, 5.74) is 7.30. The van der Waals surface area contributed by atoms with Crippen molar-refractivity contribution in [2.75, 3.05) is 33.7 Å². The Kier molecular flexibility index (Phi) is 5.98. The molecule has 1 aromatic rings. The van der Waals surface area contributed by atoms with Gasteiger partial charge in [-0.25, -0.2) is 0 Å². The average molecular weight is 303 g/mol. The van der Waals surface area contributed by atoms with Gasteiger partial charge in [0.2, 0.25) is 5.91 Å². The van der Waals surface area contributed by atoms with Gasteiger partial charge in [-0.1, -0.05) is 37.3 Å². The van der Waals surface area contributed by atoms with Gasteiger partial charge in [0.15, 0.2) is 0 Å². The number of hydrogen-bond donors (Lipinski definition) is 1. The van der Waals surface area contributed by atoms with E-state index in [1.165, 1.54) is 19.4 Å². The summed E-state index contributed by atoms with van der Waals surface area (Å²) >= 11 is 0. The summed E-state index contributed by atoms with van der Waals surface area (Å²) in [5.74, 6) is 0.520. The van der Waals surface area contributed by atoms with Crippen LogP contribution in [-0.4, -0.2) is 49.4 Å². The van der Waals surface area contributed by atoms with Gasteiger partial charge in [0.05, 0.1) is 5.92 Å². The van der Waals surface area contributed by atoms with Crippen LogP contribution in [0.5, 0.6) is 0 Å². The zero-order valence-electron chi connectivity index (χ0n) is 14.0. The maximum atomic E-state index is 12.6. The van der Waals surface area contributed by atoms with Crippen LogP contribution in [0.1, 0.15) is 31.4 Å². The van der Waals surface area contributed by atoms with Crippen molar-refractivity contribution in [3.8, 4) is 0 Å². The summed E-state index contributed by atoms with van der Waals surface area (Å²) in [6.07, 6.45) is 2.43. The fourth-order valence-corrected chi connectivity index (χ4v) is 3.36. The lowest BCUT2D eigenvalue weighted by atomic mass is 9.93. The number of hydrogen-bond acceptors (Lipinski definition) is 3. The lowest BCUT2D eigenvalue weighted by Crippen LogP contribution is -2.43. The van der Waals surface area contributed by atoms with Crippen LogP contribution < -0.4 is 5.73 Å². The first kappa shape index (κ1) is 17.0. The highest BCUT2D eigenvalue weighted by atomic mass is 16.2. The van der Waals surface area contributed by atoms with Crippen molar-refractivity contribution in [1.29, 1.82) is 0 Å². The minimum absolute atomic E-state index is 0.143. The summed E-state index contributed by atoms with van der Waals surface area (Å²) in [4.78, 5) is 16.9. The second kappa shape index (κ2) is 7.75. The number of nitrogens with zero attached hydrogens (tertiary/aromatic N) is 2. The number of likely N-dealkylation sites (tertiary alicyclic amines) is 1. The molecular weight excluding hydrogens is 274 g/mol. The molecule has 1 aromatic carbocycles. The van der Waals surface area contributed by atoms with Crippen LogP contribution in [-0.2, 0) is 4.79 Å². The summed E-state index contributed by atoms with van der Waals surface area (Å²) in [7, 11) is 4.06. The van der Waals surface area contributed by atoms with E-state index < -0.39 is 0 Å². The highest BCUT2D eigenvalue weighted by Gasteiger charge is 2.27. The van der Waals surface area contributed by atoms with Crippen molar-refractivity contribution in [1.82, 2.24) is 9.80 Å². The van der Waals surface area contributed by atoms with Crippen LogP contribution >= 0.6 is 0 Å². The van der Waals surface area contributed by atoms with Crippen LogP contribution in [0.4, 0.5) is 0 Å². The molecule has 1 aliphatic heterocycles. The summed E-state index contributed by atoms with van der Waals surface area (Å²) in [5, 5.41) is 0. The third-order valence-electron chi connectivity index (χ3n) is 4.74. The minimum atomic E-state index is -0.245. The maximum absolute atomic E-state index is 12.6. The molecule has 3 unspecified atom stereocenters. The average Bonchev–Trinajstić information content (AvgIpc) is 2.53. The van der Waals surface area contributed by atoms with E-state index >= 15 is 0 Å². The van der Waals surface area contributed by atoms with Crippen molar-refractivity contribution in [2.45, 2.75) is 25.8 Å². The Morgan fingerprint density at radius 2 is 2.09 bits per heavy atom. The number of carbonyl (C=O) groups is 1. The fourth-order valence-electron chi connectivity index (χ4n) is 3.36. The van der Waals surface area contributed by atoms with Crippen LogP contribution in [0.15, 0.2) is 30.3 Å². The van der Waals surface area contributed by atoms with Gasteiger partial charge in [0.25, 0.3) is 0 Å². The second-order valence-electron chi connectivity index (χ2n) is 6.71. The fraction of sp³-hybridized carbons (Fsp3) is 0.611. The normalized spacial score (nSPS) is 22.1. The molecule has 22 heavy (non-hydrogen) atoms. The van der Waals surface area contributed by atoms with Gasteiger partial charge in [0.1, 0.15) is 0 Å². The monoisotopic (exact) mass is 303 g/mol. The first-order chi connectivity index (χ1) is 10.5. The highest BCUT2D eigenvalue weighted by molar-refractivity contribution is 5.79. The number of amides is 1. The van der Waals surface area contributed by atoms with E-state index in [-0.39, 0.29) is 17.9 Å². The SMILES string of the molecule is CC(C(=O)N(C)CC1CCCN(C)C1)C(N)c1ccccc1. The van der Waals surface area contributed by atoms with Crippen LogP contribution in [0.25, 0.3) is 0 Å². The number of carbonyl (C=O) groups excluding carboxylic acids is 1. The van der Waals surface area contributed by atoms with Crippen molar-refractivity contribution in [3.63, 3.8) is 0 Å². The molecule has 4 nitrogen and oxygen atoms in total. The largest absolute Gasteiger partial charge is 0.345 e. The Balaban J connectivity index is 1.91. The molecule has 2 N–H and O–H groups in total. The Labute approximate surface area is 134 Å². The molecule has 0 radical (unpaired) electrons. The molecule has 0 aromatic heterocycles. The van der Waals surface area contributed by atoms with E-state index in [2.05, 4.69) is 11.9 Å². The Morgan fingerprint density at radius 1 is 1.41 bits per heavy atom. The van der Waals surface area contributed by atoms with E-state index in [1.54, 1.807) is 0 Å². The molecule has 1 heterocycles. The van der Waals surface area contributed by atoms with Gasteiger partial charge in [-0.2, -0.15) is 0 Å². The first-order valence-corrected chi connectivity index (χ1v) is 8.23.